The van der Waals surface area contributed by atoms with Crippen LogP contribution in [0, 0.1) is 23.9 Å². The fourth-order valence-electron chi connectivity index (χ4n) is 6.29. The largest absolute Gasteiger partial charge is 0 e. The van der Waals surface area contributed by atoms with Crippen molar-refractivity contribution in [2.45, 2.75) is 69.1 Å². The van der Waals surface area contributed by atoms with Crippen molar-refractivity contribution < 1.29 is 25.9 Å². The molecule has 3 aromatic carbocycles. The molecule has 0 unspecified atom stereocenters. The molecule has 0 atom stereocenters. The van der Waals surface area contributed by atoms with Crippen molar-refractivity contribution in [1.29, 1.82) is 0 Å². The quantitative estimate of drug-likeness (QED) is 0.123. The number of thiophene rings is 1. The van der Waals surface area contributed by atoms with Crippen molar-refractivity contribution >= 4 is 49.2 Å². The topological polar surface area (TPSA) is 25.8 Å². The smallest absolute Gasteiger partial charge is 0 e. The fraction of sp³-hybridized carbons (Fsp3) is 0.300. The van der Waals surface area contributed by atoms with Gasteiger partial charge in [-0.15, -0.1) is 23.8 Å². The van der Waals surface area contributed by atoms with Crippen LogP contribution in [0.25, 0.3) is 42.7 Å². The summed E-state index contributed by atoms with van der Waals surface area (Å²) in [5, 5.41) is 2.49. The monoisotopic (exact) mass is 868 g/mol. The molecule has 2 nitrogen and oxygen atoms in total. The third-order valence-electron chi connectivity index (χ3n) is 8.74. The van der Waals surface area contributed by atoms with Gasteiger partial charge in [0.05, 0.1) is 6.20 Å². The maximum atomic E-state index is 14.3. The summed E-state index contributed by atoms with van der Waals surface area (Å²) in [6.45, 7) is 3.91. The zero-order chi connectivity index (χ0) is 32.5. The molecule has 3 heterocycles. The van der Waals surface area contributed by atoms with Crippen LogP contribution in [0.15, 0.2) is 85.2 Å². The second kappa shape index (κ2) is 15.0. The first-order chi connectivity index (χ1) is 22.0. The number of nitrogens with zero attached hydrogens (tertiary/aromatic N) is 2. The first-order valence-electron chi connectivity index (χ1n) is 16.4. The van der Waals surface area contributed by atoms with E-state index >= 15 is 0 Å². The summed E-state index contributed by atoms with van der Waals surface area (Å²) >= 11 is -0.245. The second-order valence-electron chi connectivity index (χ2n) is 13.4. The Labute approximate surface area is 295 Å². The van der Waals surface area contributed by atoms with Crippen LogP contribution >= 0.6 is 11.3 Å². The summed E-state index contributed by atoms with van der Waals surface area (Å²) in [7, 11) is 0. The fourth-order valence-corrected chi connectivity index (χ4v) is 10.7. The number of halogens is 1. The molecule has 239 valence electrons. The summed E-state index contributed by atoms with van der Waals surface area (Å²) in [5.74, 6) is 6.89. The van der Waals surface area contributed by atoms with Gasteiger partial charge < -0.3 is 4.98 Å². The molecule has 6 heteroatoms. The van der Waals surface area contributed by atoms with Gasteiger partial charge in [-0.2, -0.15) is 11.3 Å². The van der Waals surface area contributed by atoms with Crippen LogP contribution in [-0.2, 0) is 26.5 Å². The van der Waals surface area contributed by atoms with Crippen molar-refractivity contribution in [3.8, 4) is 22.5 Å². The van der Waals surface area contributed by atoms with Gasteiger partial charge in [0.1, 0.15) is 5.82 Å². The van der Waals surface area contributed by atoms with Crippen LogP contribution in [-0.4, -0.2) is 23.2 Å². The molecule has 0 N–H and O–H groups in total. The van der Waals surface area contributed by atoms with E-state index in [1.54, 1.807) is 11.3 Å². The number of pyridine rings is 2. The Balaban J connectivity index is 0.000000188. The van der Waals surface area contributed by atoms with Gasteiger partial charge in [0.25, 0.3) is 0 Å². The Morgan fingerprint density at radius 2 is 1.61 bits per heavy atom. The van der Waals surface area contributed by atoms with E-state index in [9.17, 15) is 4.39 Å². The molecule has 0 saturated heterocycles. The standard InChI is InChI=1S/C23H19FNS.C17H22GeN.Ir/c24-20-14-25-21(13-17(20)11-15-5-1-2-6-15)16-9-10-23-19(12-16)18-7-3-4-8-22(18)26-23;1-13(2)15-11-17(14-9-7-6-8-10-14)19-12-16(15)18(3,4)5;/h3-4,7-8,10,12-15H,1-2,5-6,11H2;6-9,11-13H,1-5H3;/q2*-1;/i;13D;. The van der Waals surface area contributed by atoms with E-state index in [0.29, 0.717) is 5.92 Å². The molecule has 1 aliphatic rings. The van der Waals surface area contributed by atoms with E-state index in [-0.39, 0.29) is 25.9 Å². The number of aromatic nitrogens is 2. The van der Waals surface area contributed by atoms with Gasteiger partial charge in [0.2, 0.25) is 0 Å². The molecule has 1 aliphatic carbocycles. The molecular formula is C40H41FGeIrN2S-2. The molecule has 1 fully saturated rings. The Morgan fingerprint density at radius 3 is 2.33 bits per heavy atom. The molecule has 1 saturated carbocycles. The second-order valence-corrected chi connectivity index (χ2v) is 25.0. The Hall–Kier alpha value is -2.70. The van der Waals surface area contributed by atoms with Gasteiger partial charge in [-0.3, -0.25) is 0 Å². The first kappa shape index (κ1) is 33.2. The van der Waals surface area contributed by atoms with Gasteiger partial charge in [-0.05, 0) is 39.7 Å². The minimum Gasteiger partial charge on any atom is 0 e. The van der Waals surface area contributed by atoms with Crippen LogP contribution in [0.5, 0.6) is 0 Å². The van der Waals surface area contributed by atoms with Crippen LogP contribution in [0.3, 0.4) is 0 Å². The van der Waals surface area contributed by atoms with E-state index in [1.807, 2.05) is 56.4 Å². The molecular weight excluding hydrogens is 824 g/mol. The average molecular weight is 867 g/mol. The minimum absolute atomic E-state index is 0. The SMILES string of the molecule is Fc1cnc(-c2[c-]cc3sc4ccccc4c3c2)cc1CC1CCCC1.[2H]C(C)(C)c1cc(-c2[c-]cccc2)nc[c]1[Ge]([CH3])([CH3])[CH3].[Ir]. The van der Waals surface area contributed by atoms with Gasteiger partial charge in [-0.1, -0.05) is 55.3 Å². The van der Waals surface area contributed by atoms with Gasteiger partial charge in [0.15, 0.2) is 0 Å². The maximum absolute atomic E-state index is 14.3. The van der Waals surface area contributed by atoms with E-state index in [1.165, 1.54) is 56.4 Å². The van der Waals surface area contributed by atoms with E-state index in [4.69, 9.17) is 1.37 Å². The van der Waals surface area contributed by atoms with Crippen molar-refractivity contribution in [3.05, 3.63) is 114 Å². The minimum atomic E-state index is -2.03. The summed E-state index contributed by atoms with van der Waals surface area (Å²) in [6, 6.07) is 31.1. The average Bonchev–Trinajstić information content (AvgIpc) is 3.69. The zero-order valence-corrected chi connectivity index (χ0v) is 32.5. The van der Waals surface area contributed by atoms with Crippen LogP contribution in [0.4, 0.5) is 4.39 Å². The van der Waals surface area contributed by atoms with Crippen LogP contribution in [0.2, 0.25) is 17.3 Å². The van der Waals surface area contributed by atoms with Crippen molar-refractivity contribution in [2.24, 2.45) is 5.92 Å². The predicted octanol–water partition coefficient (Wildman–Crippen LogP) is 11.0. The van der Waals surface area contributed by atoms with Gasteiger partial charge in [-0.25, -0.2) is 4.39 Å². The summed E-state index contributed by atoms with van der Waals surface area (Å²) < 4.78 is 26.6. The third kappa shape index (κ3) is 7.87. The number of rotatable bonds is 6. The predicted molar refractivity (Wildman–Crippen MR) is 193 cm³/mol. The van der Waals surface area contributed by atoms with E-state index in [0.717, 1.165) is 40.1 Å². The van der Waals surface area contributed by atoms with Gasteiger partial charge in [0, 0.05) is 24.8 Å². The number of hydrogen-bond acceptors (Lipinski definition) is 3. The summed E-state index contributed by atoms with van der Waals surface area (Å²) in [5.41, 5.74) is 5.57. The maximum Gasteiger partial charge on any atom is 0 e. The normalized spacial score (nSPS) is 14.1. The Morgan fingerprint density at radius 1 is 0.891 bits per heavy atom. The van der Waals surface area contributed by atoms with Crippen molar-refractivity contribution in [1.82, 2.24) is 9.97 Å². The molecule has 0 amide bonds. The number of fused-ring (bicyclic) bond motifs is 3. The Kier molecular flexibility index (Phi) is 10.8. The summed E-state index contributed by atoms with van der Waals surface area (Å²) in [6.07, 6.45) is 9.20. The Bertz CT molecular complexity index is 1970. The van der Waals surface area contributed by atoms with Crippen molar-refractivity contribution in [3.63, 3.8) is 0 Å². The van der Waals surface area contributed by atoms with Gasteiger partial charge >= 0.3 is 120 Å². The van der Waals surface area contributed by atoms with E-state index < -0.39 is 19.2 Å². The molecule has 0 aliphatic heterocycles. The van der Waals surface area contributed by atoms with E-state index in [2.05, 4.69) is 75.8 Å². The first-order valence-corrected chi connectivity index (χ1v) is 24.1. The molecule has 0 spiro atoms. The van der Waals surface area contributed by atoms with Crippen LogP contribution < -0.4 is 4.40 Å². The number of benzene rings is 3. The third-order valence-corrected chi connectivity index (χ3v) is 14.1. The van der Waals surface area contributed by atoms with Crippen molar-refractivity contribution in [2.75, 3.05) is 0 Å². The molecule has 3 aromatic heterocycles. The molecule has 0 bridgehead atoms. The molecule has 46 heavy (non-hydrogen) atoms. The molecule has 6 aromatic rings. The molecule has 7 rings (SSSR count). The summed E-state index contributed by atoms with van der Waals surface area (Å²) in [4.78, 5) is 8.97. The van der Waals surface area contributed by atoms with Crippen LogP contribution in [0.1, 0.15) is 57.9 Å². The number of hydrogen-bond donors (Lipinski definition) is 0. The zero-order valence-electron chi connectivity index (χ0n) is 28.2. The molecule has 1 radical (unpaired) electrons.